The number of carboxylic acids is 1. The largest absolute Gasteiger partial charge is 0.480 e. The zero-order valence-corrected chi connectivity index (χ0v) is 10.8. The van der Waals surface area contributed by atoms with Gasteiger partial charge in [-0.25, -0.2) is 0 Å². The number of rotatable bonds is 6. The number of carbonyl (C=O) groups is 2. The third kappa shape index (κ3) is 3.70. The van der Waals surface area contributed by atoms with Gasteiger partial charge in [-0.15, -0.1) is 0 Å². The van der Waals surface area contributed by atoms with E-state index < -0.39 is 5.97 Å². The van der Waals surface area contributed by atoms with E-state index in [0.29, 0.717) is 18.9 Å². The van der Waals surface area contributed by atoms with Crippen LogP contribution in [-0.4, -0.2) is 46.7 Å². The molecule has 1 aliphatic carbocycles. The van der Waals surface area contributed by atoms with Crippen molar-refractivity contribution in [1.29, 1.82) is 0 Å². The van der Waals surface area contributed by atoms with Crippen molar-refractivity contribution in [2.75, 3.05) is 6.54 Å². The van der Waals surface area contributed by atoms with Crippen molar-refractivity contribution in [1.82, 2.24) is 4.90 Å². The lowest BCUT2D eigenvalue weighted by Gasteiger charge is -2.21. The van der Waals surface area contributed by atoms with Crippen molar-refractivity contribution in [3.63, 3.8) is 0 Å². The Kier molecular flexibility index (Phi) is 4.22. The number of hydrogen-bond donors (Lipinski definition) is 1. The van der Waals surface area contributed by atoms with Gasteiger partial charge in [0.05, 0.1) is 12.2 Å². The first-order valence-electron chi connectivity index (χ1n) is 6.73. The summed E-state index contributed by atoms with van der Waals surface area (Å²) in [4.78, 5) is 24.3. The first kappa shape index (κ1) is 13.3. The monoisotopic (exact) mass is 255 g/mol. The first-order chi connectivity index (χ1) is 8.56. The van der Waals surface area contributed by atoms with E-state index in [-0.39, 0.29) is 24.6 Å². The van der Waals surface area contributed by atoms with E-state index in [2.05, 4.69) is 0 Å². The normalized spacial score (nSPS) is 27.2. The molecule has 1 N–H and O–H groups in total. The van der Waals surface area contributed by atoms with Crippen molar-refractivity contribution in [3.8, 4) is 0 Å². The minimum absolute atomic E-state index is 0.0388. The highest BCUT2D eigenvalue weighted by molar-refractivity contribution is 5.81. The predicted molar refractivity (Wildman–Crippen MR) is 65.2 cm³/mol. The van der Waals surface area contributed by atoms with Crippen molar-refractivity contribution in [2.24, 2.45) is 0 Å². The van der Waals surface area contributed by atoms with E-state index in [0.717, 1.165) is 25.7 Å². The molecule has 18 heavy (non-hydrogen) atoms. The fourth-order valence-electron chi connectivity index (χ4n) is 2.48. The zero-order valence-electron chi connectivity index (χ0n) is 10.8. The Labute approximate surface area is 107 Å². The Bertz CT molecular complexity index is 327. The van der Waals surface area contributed by atoms with Crippen molar-refractivity contribution >= 4 is 11.9 Å². The molecular formula is C13H21NO4. The number of hydrogen-bond acceptors (Lipinski definition) is 3. The second kappa shape index (κ2) is 5.69. The molecule has 0 spiro atoms. The second-order valence-corrected chi connectivity index (χ2v) is 5.33. The van der Waals surface area contributed by atoms with E-state index in [1.165, 1.54) is 4.90 Å². The molecule has 2 atom stereocenters. The topological polar surface area (TPSA) is 66.8 Å². The highest BCUT2D eigenvalue weighted by Crippen LogP contribution is 2.28. The lowest BCUT2D eigenvalue weighted by molar-refractivity contribution is -0.145. The molecule has 1 aliphatic heterocycles. The van der Waals surface area contributed by atoms with Crippen molar-refractivity contribution < 1.29 is 19.4 Å². The molecule has 1 heterocycles. The SMILES string of the molecule is C[C@@H]1CC[C@@H](CCC(=O)N(CC(=O)O)C2CC2)O1. The van der Waals surface area contributed by atoms with Crippen LogP contribution in [0.1, 0.15) is 45.4 Å². The van der Waals surface area contributed by atoms with Crippen LogP contribution in [0, 0.1) is 0 Å². The highest BCUT2D eigenvalue weighted by Gasteiger charge is 2.34. The van der Waals surface area contributed by atoms with E-state index in [4.69, 9.17) is 9.84 Å². The Morgan fingerprint density at radius 3 is 2.50 bits per heavy atom. The van der Waals surface area contributed by atoms with Crippen LogP contribution < -0.4 is 0 Å². The van der Waals surface area contributed by atoms with Gasteiger partial charge in [-0.1, -0.05) is 0 Å². The maximum Gasteiger partial charge on any atom is 0.323 e. The molecule has 1 amide bonds. The van der Waals surface area contributed by atoms with Gasteiger partial charge in [-0.05, 0) is 39.0 Å². The molecule has 0 bridgehead atoms. The van der Waals surface area contributed by atoms with E-state index in [9.17, 15) is 9.59 Å². The van der Waals surface area contributed by atoms with Crippen LogP contribution in [0.25, 0.3) is 0 Å². The lowest BCUT2D eigenvalue weighted by atomic mass is 10.1. The van der Waals surface area contributed by atoms with Crippen LogP contribution in [0.3, 0.4) is 0 Å². The molecule has 102 valence electrons. The molecule has 0 unspecified atom stereocenters. The van der Waals surface area contributed by atoms with Crippen LogP contribution in [0.2, 0.25) is 0 Å². The molecule has 0 aromatic carbocycles. The summed E-state index contributed by atoms with van der Waals surface area (Å²) in [5.41, 5.74) is 0. The summed E-state index contributed by atoms with van der Waals surface area (Å²) >= 11 is 0. The molecule has 0 aromatic rings. The van der Waals surface area contributed by atoms with Gasteiger partial charge in [0.1, 0.15) is 6.54 Å². The molecule has 0 radical (unpaired) electrons. The van der Waals surface area contributed by atoms with E-state index in [1.807, 2.05) is 6.92 Å². The summed E-state index contributed by atoms with van der Waals surface area (Å²) in [6, 6.07) is 0.164. The van der Waals surface area contributed by atoms with Crippen LogP contribution in [0.15, 0.2) is 0 Å². The average molecular weight is 255 g/mol. The summed E-state index contributed by atoms with van der Waals surface area (Å²) in [6.45, 7) is 1.88. The van der Waals surface area contributed by atoms with Gasteiger partial charge in [0.25, 0.3) is 0 Å². The molecule has 5 heteroatoms. The second-order valence-electron chi connectivity index (χ2n) is 5.33. The number of amides is 1. The summed E-state index contributed by atoms with van der Waals surface area (Å²) in [5, 5.41) is 8.81. The van der Waals surface area contributed by atoms with Crippen molar-refractivity contribution in [3.05, 3.63) is 0 Å². The molecule has 1 saturated heterocycles. The fourth-order valence-corrected chi connectivity index (χ4v) is 2.48. The molecule has 0 aromatic heterocycles. The third-order valence-corrected chi connectivity index (χ3v) is 3.61. The maximum atomic E-state index is 12.0. The molecular weight excluding hydrogens is 234 g/mol. The van der Waals surface area contributed by atoms with Crippen LogP contribution in [0.5, 0.6) is 0 Å². The summed E-state index contributed by atoms with van der Waals surface area (Å²) < 4.78 is 5.66. The summed E-state index contributed by atoms with van der Waals surface area (Å²) in [6.07, 6.45) is 5.54. The van der Waals surface area contributed by atoms with Gasteiger partial charge < -0.3 is 14.7 Å². The lowest BCUT2D eigenvalue weighted by Crippen LogP contribution is -2.37. The maximum absolute atomic E-state index is 12.0. The highest BCUT2D eigenvalue weighted by atomic mass is 16.5. The van der Waals surface area contributed by atoms with Crippen molar-refractivity contribution in [2.45, 2.75) is 63.7 Å². The number of nitrogens with zero attached hydrogens (tertiary/aromatic N) is 1. The quantitative estimate of drug-likeness (QED) is 0.779. The van der Waals surface area contributed by atoms with Gasteiger partial charge >= 0.3 is 5.97 Å². The summed E-state index contributed by atoms with van der Waals surface area (Å²) in [7, 11) is 0. The van der Waals surface area contributed by atoms with Crippen LogP contribution in [0.4, 0.5) is 0 Å². The minimum Gasteiger partial charge on any atom is -0.480 e. The van der Waals surface area contributed by atoms with E-state index >= 15 is 0 Å². The van der Waals surface area contributed by atoms with Gasteiger partial charge in [0.2, 0.25) is 5.91 Å². The molecule has 1 saturated carbocycles. The number of carbonyl (C=O) groups excluding carboxylic acids is 1. The molecule has 2 rings (SSSR count). The third-order valence-electron chi connectivity index (χ3n) is 3.61. The summed E-state index contributed by atoms with van der Waals surface area (Å²) in [5.74, 6) is -0.968. The first-order valence-corrected chi connectivity index (χ1v) is 6.73. The number of ether oxygens (including phenoxy) is 1. The Morgan fingerprint density at radius 2 is 2.00 bits per heavy atom. The number of carboxylic acid groups (broad SMARTS) is 1. The van der Waals surface area contributed by atoms with Gasteiger partial charge in [-0.3, -0.25) is 9.59 Å². The standard InChI is InChI=1S/C13H21NO4/c1-9-2-5-11(18-9)6-7-12(15)14(8-13(16)17)10-3-4-10/h9-11H,2-8H2,1H3,(H,16,17)/t9-,11+/m1/s1. The van der Waals surface area contributed by atoms with Gasteiger partial charge in [0, 0.05) is 12.5 Å². The van der Waals surface area contributed by atoms with Gasteiger partial charge in [0.15, 0.2) is 0 Å². The fraction of sp³-hybridized carbons (Fsp3) is 0.846. The Balaban J connectivity index is 1.76. The van der Waals surface area contributed by atoms with Crippen LogP contribution in [-0.2, 0) is 14.3 Å². The van der Waals surface area contributed by atoms with Gasteiger partial charge in [-0.2, -0.15) is 0 Å². The zero-order chi connectivity index (χ0) is 13.1. The van der Waals surface area contributed by atoms with E-state index in [1.54, 1.807) is 0 Å². The molecule has 2 fully saturated rings. The number of aliphatic carboxylic acids is 1. The average Bonchev–Trinajstić information content (AvgIpc) is 3.06. The predicted octanol–water partition coefficient (Wildman–Crippen LogP) is 1.41. The smallest absolute Gasteiger partial charge is 0.323 e. The molecule has 5 nitrogen and oxygen atoms in total. The Hall–Kier alpha value is -1.10. The van der Waals surface area contributed by atoms with Crippen LogP contribution >= 0.6 is 0 Å². The molecule has 2 aliphatic rings. The minimum atomic E-state index is -0.930. The Morgan fingerprint density at radius 1 is 1.28 bits per heavy atom.